The van der Waals surface area contributed by atoms with Crippen LogP contribution in [0.3, 0.4) is 0 Å². The van der Waals surface area contributed by atoms with Gasteiger partial charge in [0, 0.05) is 13.2 Å². The van der Waals surface area contributed by atoms with E-state index in [1.807, 2.05) is 37.3 Å². The molecule has 0 spiro atoms. The average Bonchev–Trinajstić information content (AvgIpc) is 3.25. The van der Waals surface area contributed by atoms with Gasteiger partial charge in [-0.25, -0.2) is 0 Å². The fraction of sp³-hybridized carbons (Fsp3) is 0.364. The number of para-hydroxylation sites is 2. The van der Waals surface area contributed by atoms with Gasteiger partial charge in [0.25, 0.3) is 11.8 Å². The molecule has 3 rings (SSSR count). The van der Waals surface area contributed by atoms with Gasteiger partial charge in [0.1, 0.15) is 5.75 Å². The van der Waals surface area contributed by atoms with Gasteiger partial charge in [0.05, 0.1) is 17.4 Å². The number of benzene rings is 2. The standard InChI is InChI=1S/C22H26N2O4/c1-2-20(28-16-9-4-3-5-10-16)22(26)24-19-13-7-6-12-18(19)21(25)23-15-17-11-8-14-27-17/h3-7,9-10,12-13,17,20H,2,8,11,14-15H2,1H3,(H,23,25)(H,24,26)/t17-,20-/m1/s1. The summed E-state index contributed by atoms with van der Waals surface area (Å²) in [6, 6.07) is 16.2. The Morgan fingerprint density at radius 2 is 1.89 bits per heavy atom. The first-order valence-electron chi connectivity index (χ1n) is 9.68. The van der Waals surface area contributed by atoms with Crippen LogP contribution in [0, 0.1) is 0 Å². The van der Waals surface area contributed by atoms with Crippen LogP contribution in [-0.4, -0.2) is 37.2 Å². The normalized spacial score (nSPS) is 17.0. The third kappa shape index (κ3) is 5.33. The highest BCUT2D eigenvalue weighted by Crippen LogP contribution is 2.18. The first-order chi connectivity index (χ1) is 13.7. The van der Waals surface area contributed by atoms with Gasteiger partial charge in [-0.05, 0) is 43.5 Å². The first-order valence-corrected chi connectivity index (χ1v) is 9.68. The minimum atomic E-state index is -0.648. The van der Waals surface area contributed by atoms with Crippen molar-refractivity contribution < 1.29 is 19.1 Å². The molecule has 2 N–H and O–H groups in total. The topological polar surface area (TPSA) is 76.7 Å². The lowest BCUT2D eigenvalue weighted by atomic mass is 10.1. The maximum absolute atomic E-state index is 12.7. The molecule has 0 saturated carbocycles. The molecule has 2 atom stereocenters. The molecule has 0 aliphatic carbocycles. The van der Waals surface area contributed by atoms with Gasteiger partial charge < -0.3 is 20.1 Å². The van der Waals surface area contributed by atoms with Crippen LogP contribution in [0.4, 0.5) is 5.69 Å². The minimum absolute atomic E-state index is 0.0643. The molecule has 1 aliphatic heterocycles. The quantitative estimate of drug-likeness (QED) is 0.734. The van der Waals surface area contributed by atoms with E-state index in [0.717, 1.165) is 19.4 Å². The third-order valence-electron chi connectivity index (χ3n) is 4.63. The van der Waals surface area contributed by atoms with Gasteiger partial charge in [0.2, 0.25) is 0 Å². The first kappa shape index (κ1) is 19.9. The van der Waals surface area contributed by atoms with Crippen molar-refractivity contribution in [2.75, 3.05) is 18.5 Å². The zero-order valence-electron chi connectivity index (χ0n) is 16.0. The smallest absolute Gasteiger partial charge is 0.265 e. The Morgan fingerprint density at radius 3 is 2.61 bits per heavy atom. The second-order valence-corrected chi connectivity index (χ2v) is 6.71. The van der Waals surface area contributed by atoms with Crippen LogP contribution >= 0.6 is 0 Å². The molecule has 2 aromatic rings. The molecule has 0 unspecified atom stereocenters. The van der Waals surface area contributed by atoms with E-state index < -0.39 is 6.10 Å². The molecule has 6 heteroatoms. The zero-order chi connectivity index (χ0) is 19.8. The molecule has 0 aromatic heterocycles. The zero-order valence-corrected chi connectivity index (χ0v) is 16.0. The molecule has 2 aromatic carbocycles. The average molecular weight is 382 g/mol. The van der Waals surface area contributed by atoms with Crippen LogP contribution in [0.25, 0.3) is 0 Å². The summed E-state index contributed by atoms with van der Waals surface area (Å²) in [6.45, 7) is 3.09. The van der Waals surface area contributed by atoms with Crippen molar-refractivity contribution in [3.05, 3.63) is 60.2 Å². The summed E-state index contributed by atoms with van der Waals surface area (Å²) >= 11 is 0. The summed E-state index contributed by atoms with van der Waals surface area (Å²) in [7, 11) is 0. The number of carbonyl (C=O) groups excluding carboxylic acids is 2. The van der Waals surface area contributed by atoms with Crippen LogP contribution in [0.5, 0.6) is 5.75 Å². The molecule has 148 valence electrons. The second kappa shape index (κ2) is 9.90. The lowest BCUT2D eigenvalue weighted by molar-refractivity contribution is -0.122. The van der Waals surface area contributed by atoms with Crippen LogP contribution in [0.2, 0.25) is 0 Å². The van der Waals surface area contributed by atoms with Gasteiger partial charge in [-0.15, -0.1) is 0 Å². The number of hydrogen-bond donors (Lipinski definition) is 2. The molecule has 1 heterocycles. The Kier molecular flexibility index (Phi) is 7.03. The summed E-state index contributed by atoms with van der Waals surface area (Å²) < 4.78 is 11.3. The number of amides is 2. The summed E-state index contributed by atoms with van der Waals surface area (Å²) in [5, 5.41) is 5.73. The van der Waals surface area contributed by atoms with Gasteiger partial charge in [-0.3, -0.25) is 9.59 Å². The van der Waals surface area contributed by atoms with Gasteiger partial charge >= 0.3 is 0 Å². The van der Waals surface area contributed by atoms with Crippen molar-refractivity contribution in [2.45, 2.75) is 38.4 Å². The van der Waals surface area contributed by atoms with Crippen molar-refractivity contribution >= 4 is 17.5 Å². The van der Waals surface area contributed by atoms with Crippen LogP contribution in [0.15, 0.2) is 54.6 Å². The summed E-state index contributed by atoms with van der Waals surface area (Å²) in [6.07, 6.45) is 1.90. The van der Waals surface area contributed by atoms with E-state index in [2.05, 4.69) is 10.6 Å². The number of nitrogens with one attached hydrogen (secondary N) is 2. The molecule has 0 bridgehead atoms. The van der Waals surface area contributed by atoms with E-state index in [1.54, 1.807) is 24.3 Å². The summed E-state index contributed by atoms with van der Waals surface area (Å²) in [5.41, 5.74) is 0.885. The molecular formula is C22H26N2O4. The van der Waals surface area contributed by atoms with Crippen molar-refractivity contribution in [3.63, 3.8) is 0 Å². The molecule has 1 saturated heterocycles. The summed E-state index contributed by atoms with van der Waals surface area (Å²) in [5.74, 6) is 0.112. The Morgan fingerprint density at radius 1 is 1.14 bits per heavy atom. The Labute approximate surface area is 165 Å². The molecular weight excluding hydrogens is 356 g/mol. The van der Waals surface area contributed by atoms with Crippen LogP contribution < -0.4 is 15.4 Å². The van der Waals surface area contributed by atoms with E-state index in [0.29, 0.717) is 30.0 Å². The van der Waals surface area contributed by atoms with E-state index in [9.17, 15) is 9.59 Å². The maximum atomic E-state index is 12.7. The van der Waals surface area contributed by atoms with E-state index in [1.165, 1.54) is 0 Å². The fourth-order valence-corrected chi connectivity index (χ4v) is 3.10. The second-order valence-electron chi connectivity index (χ2n) is 6.71. The third-order valence-corrected chi connectivity index (χ3v) is 4.63. The number of anilines is 1. The highest BCUT2D eigenvalue weighted by atomic mass is 16.5. The van der Waals surface area contributed by atoms with Gasteiger partial charge in [-0.2, -0.15) is 0 Å². The Bertz CT molecular complexity index is 788. The number of ether oxygens (including phenoxy) is 2. The van der Waals surface area contributed by atoms with E-state index >= 15 is 0 Å². The Hall–Kier alpha value is -2.86. The Balaban J connectivity index is 1.64. The predicted octanol–water partition coefficient (Wildman–Crippen LogP) is 3.39. The molecule has 6 nitrogen and oxygen atoms in total. The highest BCUT2D eigenvalue weighted by molar-refractivity contribution is 6.04. The van der Waals surface area contributed by atoms with Crippen LogP contribution in [0.1, 0.15) is 36.5 Å². The molecule has 2 amide bonds. The van der Waals surface area contributed by atoms with E-state index in [4.69, 9.17) is 9.47 Å². The van der Waals surface area contributed by atoms with Crippen molar-refractivity contribution in [1.29, 1.82) is 0 Å². The number of carbonyl (C=O) groups is 2. The monoisotopic (exact) mass is 382 g/mol. The maximum Gasteiger partial charge on any atom is 0.265 e. The van der Waals surface area contributed by atoms with Gasteiger partial charge in [-0.1, -0.05) is 37.3 Å². The number of rotatable bonds is 8. The highest BCUT2D eigenvalue weighted by Gasteiger charge is 2.22. The molecule has 0 radical (unpaired) electrons. The SMILES string of the molecule is CC[C@@H](Oc1ccccc1)C(=O)Nc1ccccc1C(=O)NC[C@H]1CCCO1. The summed E-state index contributed by atoms with van der Waals surface area (Å²) in [4.78, 5) is 25.3. The van der Waals surface area contributed by atoms with Crippen molar-refractivity contribution in [1.82, 2.24) is 5.32 Å². The number of hydrogen-bond acceptors (Lipinski definition) is 4. The largest absolute Gasteiger partial charge is 0.481 e. The predicted molar refractivity (Wildman–Crippen MR) is 108 cm³/mol. The van der Waals surface area contributed by atoms with Gasteiger partial charge in [0.15, 0.2) is 6.10 Å². The van der Waals surface area contributed by atoms with Crippen LogP contribution in [-0.2, 0) is 9.53 Å². The molecule has 1 aliphatic rings. The van der Waals surface area contributed by atoms with Crippen molar-refractivity contribution in [2.24, 2.45) is 0 Å². The minimum Gasteiger partial charge on any atom is -0.481 e. The van der Waals surface area contributed by atoms with Crippen molar-refractivity contribution in [3.8, 4) is 5.75 Å². The lowest BCUT2D eigenvalue weighted by Gasteiger charge is -2.18. The molecule has 1 fully saturated rings. The molecule has 28 heavy (non-hydrogen) atoms. The van der Waals surface area contributed by atoms with E-state index in [-0.39, 0.29) is 17.9 Å². The lowest BCUT2D eigenvalue weighted by Crippen LogP contribution is -2.35. The fourth-order valence-electron chi connectivity index (χ4n) is 3.10.